The molecule has 1 aliphatic carbocycles. The molecule has 0 aromatic heterocycles. The standard InChI is InChI=1S/C22H29ClO6/c23-15-6-5-7-17(12-15)29-14-16(24)10-11-19-18(20(25)13-21(19)26)8-3-1-2-4-9-22(27)28/h1,3,5-7,10-12,16,18-21,24-26H,2,4,8-9,13-14H2,(H,27,28)/b3-1?,11-10+/t16-,18-,19?,20+,21-/m1/s1. The fourth-order valence-electron chi connectivity index (χ4n) is 3.50. The first-order valence-corrected chi connectivity index (χ1v) is 10.2. The molecule has 1 aromatic carbocycles. The van der Waals surface area contributed by atoms with Gasteiger partial charge < -0.3 is 25.2 Å². The van der Waals surface area contributed by atoms with E-state index < -0.39 is 24.3 Å². The molecule has 0 heterocycles. The van der Waals surface area contributed by atoms with Crippen molar-refractivity contribution in [2.75, 3.05) is 6.61 Å². The zero-order valence-electron chi connectivity index (χ0n) is 16.2. The minimum atomic E-state index is -0.855. The van der Waals surface area contributed by atoms with Gasteiger partial charge >= 0.3 is 5.97 Å². The third-order valence-electron chi connectivity index (χ3n) is 5.02. The van der Waals surface area contributed by atoms with Crippen LogP contribution >= 0.6 is 11.6 Å². The van der Waals surface area contributed by atoms with Crippen LogP contribution in [0.2, 0.25) is 5.02 Å². The molecule has 0 spiro atoms. The quantitative estimate of drug-likeness (QED) is 0.321. The van der Waals surface area contributed by atoms with Crippen LogP contribution in [-0.2, 0) is 4.79 Å². The normalized spacial score (nSPS) is 25.7. The van der Waals surface area contributed by atoms with Crippen LogP contribution in [0.1, 0.15) is 32.1 Å². The molecule has 7 heteroatoms. The number of aliphatic hydroxyl groups is 3. The lowest BCUT2D eigenvalue weighted by Crippen LogP contribution is -2.21. The summed E-state index contributed by atoms with van der Waals surface area (Å²) in [5.74, 6) is -0.671. The Labute approximate surface area is 176 Å². The van der Waals surface area contributed by atoms with Crippen LogP contribution in [0.4, 0.5) is 0 Å². The monoisotopic (exact) mass is 424 g/mol. The van der Waals surface area contributed by atoms with E-state index in [1.807, 2.05) is 12.2 Å². The Hall–Kier alpha value is -1.86. The second kappa shape index (κ2) is 12.0. The van der Waals surface area contributed by atoms with E-state index in [0.29, 0.717) is 36.5 Å². The van der Waals surface area contributed by atoms with Gasteiger partial charge in [0.05, 0.1) is 12.2 Å². The van der Waals surface area contributed by atoms with E-state index >= 15 is 0 Å². The molecule has 160 valence electrons. The topological polar surface area (TPSA) is 107 Å². The van der Waals surface area contributed by atoms with Crippen molar-refractivity contribution in [3.63, 3.8) is 0 Å². The van der Waals surface area contributed by atoms with Gasteiger partial charge in [0.15, 0.2) is 0 Å². The number of aliphatic carboxylic acids is 1. The van der Waals surface area contributed by atoms with Gasteiger partial charge in [-0.05, 0) is 43.4 Å². The largest absolute Gasteiger partial charge is 0.491 e. The van der Waals surface area contributed by atoms with Crippen molar-refractivity contribution in [1.29, 1.82) is 0 Å². The predicted octanol–water partition coefficient (Wildman–Crippen LogP) is 3.20. The Kier molecular flexibility index (Phi) is 9.67. The molecule has 1 aliphatic rings. The summed E-state index contributed by atoms with van der Waals surface area (Å²) in [5, 5.41) is 39.8. The zero-order chi connectivity index (χ0) is 21.2. The Morgan fingerprint density at radius 1 is 1.28 bits per heavy atom. The van der Waals surface area contributed by atoms with Crippen LogP contribution in [-0.4, -0.2) is 51.3 Å². The van der Waals surface area contributed by atoms with Crippen molar-refractivity contribution in [1.82, 2.24) is 0 Å². The molecule has 0 radical (unpaired) electrons. The minimum Gasteiger partial charge on any atom is -0.491 e. The smallest absolute Gasteiger partial charge is 0.303 e. The number of hydrogen-bond acceptors (Lipinski definition) is 5. The van der Waals surface area contributed by atoms with Gasteiger partial charge in [0.2, 0.25) is 0 Å². The van der Waals surface area contributed by atoms with Crippen LogP contribution in [0, 0.1) is 11.8 Å². The highest BCUT2D eigenvalue weighted by Gasteiger charge is 2.39. The number of benzene rings is 1. The van der Waals surface area contributed by atoms with Crippen molar-refractivity contribution >= 4 is 17.6 Å². The van der Waals surface area contributed by atoms with Crippen molar-refractivity contribution in [2.24, 2.45) is 11.8 Å². The summed E-state index contributed by atoms with van der Waals surface area (Å²) in [6.07, 6.45) is 7.26. The van der Waals surface area contributed by atoms with Crippen molar-refractivity contribution in [3.8, 4) is 5.75 Å². The Bertz CT molecular complexity index is 704. The van der Waals surface area contributed by atoms with Crippen LogP contribution < -0.4 is 4.74 Å². The number of carboxylic acid groups (broad SMARTS) is 1. The maximum Gasteiger partial charge on any atom is 0.303 e. The highest BCUT2D eigenvalue weighted by molar-refractivity contribution is 6.30. The van der Waals surface area contributed by atoms with E-state index in [9.17, 15) is 20.1 Å². The van der Waals surface area contributed by atoms with E-state index in [1.54, 1.807) is 36.4 Å². The first-order chi connectivity index (χ1) is 13.9. The summed E-state index contributed by atoms with van der Waals surface area (Å²) in [5.41, 5.74) is 0. The van der Waals surface area contributed by atoms with Crippen LogP contribution in [0.5, 0.6) is 5.75 Å². The number of carboxylic acids is 1. The zero-order valence-corrected chi connectivity index (χ0v) is 17.0. The van der Waals surface area contributed by atoms with E-state index in [1.165, 1.54) is 0 Å². The molecule has 29 heavy (non-hydrogen) atoms. The average Bonchev–Trinajstić information content (AvgIpc) is 2.93. The summed E-state index contributed by atoms with van der Waals surface area (Å²) in [4.78, 5) is 10.5. The van der Waals surface area contributed by atoms with Gasteiger partial charge in [-0.25, -0.2) is 0 Å². The number of hydrogen-bond donors (Lipinski definition) is 4. The van der Waals surface area contributed by atoms with Gasteiger partial charge in [0.1, 0.15) is 18.5 Å². The van der Waals surface area contributed by atoms with Crippen molar-refractivity contribution in [3.05, 3.63) is 53.6 Å². The van der Waals surface area contributed by atoms with Crippen molar-refractivity contribution < 1.29 is 30.0 Å². The van der Waals surface area contributed by atoms with Crippen LogP contribution in [0.25, 0.3) is 0 Å². The van der Waals surface area contributed by atoms with Gasteiger partial charge in [0.25, 0.3) is 0 Å². The summed E-state index contributed by atoms with van der Waals surface area (Å²) in [7, 11) is 0. The molecule has 0 saturated heterocycles. The van der Waals surface area contributed by atoms with Crippen LogP contribution in [0.15, 0.2) is 48.6 Å². The number of rotatable bonds is 11. The lowest BCUT2D eigenvalue weighted by Gasteiger charge is -2.19. The minimum absolute atomic E-state index is 0.0519. The summed E-state index contributed by atoms with van der Waals surface area (Å²) >= 11 is 5.90. The Morgan fingerprint density at radius 2 is 2.07 bits per heavy atom. The first-order valence-electron chi connectivity index (χ1n) is 9.84. The van der Waals surface area contributed by atoms with Gasteiger partial charge in [-0.15, -0.1) is 0 Å². The molecule has 0 bridgehead atoms. The molecule has 0 amide bonds. The molecular formula is C22H29ClO6. The highest BCUT2D eigenvalue weighted by Crippen LogP contribution is 2.36. The van der Waals surface area contributed by atoms with E-state index in [0.717, 1.165) is 0 Å². The van der Waals surface area contributed by atoms with E-state index in [2.05, 4.69) is 0 Å². The fourth-order valence-corrected chi connectivity index (χ4v) is 3.68. The summed E-state index contributed by atoms with van der Waals surface area (Å²) in [6, 6.07) is 6.90. The second-order valence-electron chi connectivity index (χ2n) is 7.33. The highest BCUT2D eigenvalue weighted by atomic mass is 35.5. The number of carbonyl (C=O) groups is 1. The molecule has 5 atom stereocenters. The lowest BCUT2D eigenvalue weighted by atomic mass is 9.89. The SMILES string of the molecule is O=C(O)CCCC=CC[C@@H]1C(/C=C/[C@@H](O)COc2cccc(Cl)c2)[C@H](O)C[C@@H]1O. The lowest BCUT2D eigenvalue weighted by molar-refractivity contribution is -0.137. The van der Waals surface area contributed by atoms with Crippen LogP contribution in [0.3, 0.4) is 0 Å². The Balaban J connectivity index is 1.83. The van der Waals surface area contributed by atoms with E-state index in [4.69, 9.17) is 21.4 Å². The third kappa shape index (κ3) is 8.19. The van der Waals surface area contributed by atoms with Gasteiger partial charge in [0, 0.05) is 23.8 Å². The molecule has 2 rings (SSSR count). The molecule has 6 nitrogen and oxygen atoms in total. The predicted molar refractivity (Wildman–Crippen MR) is 111 cm³/mol. The number of aliphatic hydroxyl groups excluding tert-OH is 3. The van der Waals surface area contributed by atoms with Crippen molar-refractivity contribution in [2.45, 2.75) is 50.4 Å². The summed E-state index contributed by atoms with van der Waals surface area (Å²) < 4.78 is 5.51. The number of unbranched alkanes of at least 4 members (excludes halogenated alkanes) is 1. The molecule has 4 N–H and O–H groups in total. The molecule has 1 saturated carbocycles. The van der Waals surface area contributed by atoms with Gasteiger partial charge in [-0.1, -0.05) is 42.0 Å². The number of halogens is 1. The third-order valence-corrected chi connectivity index (χ3v) is 5.26. The average molecular weight is 425 g/mol. The first kappa shape index (κ1) is 23.4. The maximum atomic E-state index is 10.5. The summed E-state index contributed by atoms with van der Waals surface area (Å²) in [6.45, 7) is 0.0519. The molecule has 1 fully saturated rings. The molecule has 0 aliphatic heterocycles. The van der Waals surface area contributed by atoms with Gasteiger partial charge in [-0.2, -0.15) is 0 Å². The molecular weight excluding hydrogens is 396 g/mol. The maximum absolute atomic E-state index is 10.5. The number of ether oxygens (including phenoxy) is 1. The number of allylic oxidation sites excluding steroid dienone is 2. The Morgan fingerprint density at radius 3 is 2.79 bits per heavy atom. The second-order valence-corrected chi connectivity index (χ2v) is 7.76. The fraction of sp³-hybridized carbons (Fsp3) is 0.500. The molecule has 1 unspecified atom stereocenters. The molecule has 1 aromatic rings. The van der Waals surface area contributed by atoms with Gasteiger partial charge in [-0.3, -0.25) is 4.79 Å². The van der Waals surface area contributed by atoms with E-state index in [-0.39, 0.29) is 24.9 Å².